The summed E-state index contributed by atoms with van der Waals surface area (Å²) in [7, 11) is 0. The molecule has 22 heavy (non-hydrogen) atoms. The molecule has 1 aromatic carbocycles. The van der Waals surface area contributed by atoms with Crippen LogP contribution in [0.4, 0.5) is 0 Å². The average Bonchev–Trinajstić information content (AvgIpc) is 2.71. The van der Waals surface area contributed by atoms with Crippen molar-refractivity contribution in [3.8, 4) is 11.5 Å². The molecule has 0 saturated heterocycles. The first-order valence-corrected chi connectivity index (χ1v) is 8.26. The zero-order chi connectivity index (χ0) is 15.9. The summed E-state index contributed by atoms with van der Waals surface area (Å²) in [6.45, 7) is 7.79. The Morgan fingerprint density at radius 3 is 2.59 bits per heavy atom. The highest BCUT2D eigenvalue weighted by Gasteiger charge is 2.15. The highest BCUT2D eigenvalue weighted by atomic mass is 16.5. The molecule has 1 aliphatic rings. The van der Waals surface area contributed by atoms with Crippen molar-refractivity contribution in [2.24, 2.45) is 5.92 Å². The van der Waals surface area contributed by atoms with Gasteiger partial charge in [-0.15, -0.1) is 0 Å². The Labute approximate surface area is 133 Å². The largest absolute Gasteiger partial charge is 0.490 e. The standard InChI is InChI=1S/C18H27NO3/c1-13(2)6-4-7-14(3)19-18(20)15-8-9-16-17(12-15)22-11-5-10-21-16/h8-9,12-14H,4-7,10-11H2,1-3H3,(H,19,20). The van der Waals surface area contributed by atoms with Crippen molar-refractivity contribution in [3.05, 3.63) is 23.8 Å². The van der Waals surface area contributed by atoms with Crippen LogP contribution in [-0.4, -0.2) is 25.2 Å². The minimum absolute atomic E-state index is 0.0484. The van der Waals surface area contributed by atoms with E-state index >= 15 is 0 Å². The van der Waals surface area contributed by atoms with Gasteiger partial charge >= 0.3 is 0 Å². The van der Waals surface area contributed by atoms with Crippen LogP contribution in [-0.2, 0) is 0 Å². The maximum Gasteiger partial charge on any atom is 0.251 e. The second-order valence-corrected chi connectivity index (χ2v) is 6.41. The predicted molar refractivity (Wildman–Crippen MR) is 87.7 cm³/mol. The summed E-state index contributed by atoms with van der Waals surface area (Å²) in [6, 6.07) is 5.57. The Kier molecular flexibility index (Phi) is 6.10. The van der Waals surface area contributed by atoms with Crippen molar-refractivity contribution < 1.29 is 14.3 Å². The van der Waals surface area contributed by atoms with Gasteiger partial charge in [0.05, 0.1) is 13.2 Å². The molecule has 0 aromatic heterocycles. The maximum atomic E-state index is 12.3. The van der Waals surface area contributed by atoms with Crippen molar-refractivity contribution >= 4 is 5.91 Å². The van der Waals surface area contributed by atoms with E-state index in [1.807, 2.05) is 6.07 Å². The number of hydrogen-bond donors (Lipinski definition) is 1. The van der Waals surface area contributed by atoms with Crippen molar-refractivity contribution in [1.29, 1.82) is 0 Å². The predicted octanol–water partition coefficient (Wildman–Crippen LogP) is 3.79. The van der Waals surface area contributed by atoms with Crippen LogP contribution in [0.3, 0.4) is 0 Å². The fourth-order valence-corrected chi connectivity index (χ4v) is 2.52. The lowest BCUT2D eigenvalue weighted by molar-refractivity contribution is 0.0937. The van der Waals surface area contributed by atoms with Crippen LogP contribution in [0.2, 0.25) is 0 Å². The number of carbonyl (C=O) groups excluding carboxylic acids is 1. The van der Waals surface area contributed by atoms with Crippen LogP contribution in [0.1, 0.15) is 56.8 Å². The minimum Gasteiger partial charge on any atom is -0.490 e. The van der Waals surface area contributed by atoms with Crippen LogP contribution in [0.5, 0.6) is 11.5 Å². The molecule has 0 radical (unpaired) electrons. The van der Waals surface area contributed by atoms with Gasteiger partial charge in [-0.3, -0.25) is 4.79 Å². The number of hydrogen-bond acceptors (Lipinski definition) is 3. The van der Waals surface area contributed by atoms with Gasteiger partial charge in [-0.1, -0.05) is 26.7 Å². The van der Waals surface area contributed by atoms with E-state index in [0.29, 0.717) is 30.4 Å². The number of ether oxygens (including phenoxy) is 2. The molecule has 0 saturated carbocycles. The Morgan fingerprint density at radius 1 is 1.14 bits per heavy atom. The van der Waals surface area contributed by atoms with E-state index in [1.165, 1.54) is 6.42 Å². The molecular formula is C18H27NO3. The van der Waals surface area contributed by atoms with Gasteiger partial charge in [0, 0.05) is 18.0 Å². The molecule has 1 amide bonds. The van der Waals surface area contributed by atoms with E-state index in [2.05, 4.69) is 26.1 Å². The summed E-state index contributed by atoms with van der Waals surface area (Å²) in [5, 5.41) is 3.06. The first kappa shape index (κ1) is 16.7. The zero-order valence-electron chi connectivity index (χ0n) is 13.9. The second-order valence-electron chi connectivity index (χ2n) is 6.41. The van der Waals surface area contributed by atoms with Gasteiger partial charge in [0.25, 0.3) is 5.91 Å². The topological polar surface area (TPSA) is 47.6 Å². The Bertz CT molecular complexity index is 499. The van der Waals surface area contributed by atoms with Gasteiger partial charge in [0.1, 0.15) is 0 Å². The molecule has 0 bridgehead atoms. The quantitative estimate of drug-likeness (QED) is 0.869. The van der Waals surface area contributed by atoms with Crippen molar-refractivity contribution in [1.82, 2.24) is 5.32 Å². The average molecular weight is 305 g/mol. The lowest BCUT2D eigenvalue weighted by atomic mass is 10.0. The van der Waals surface area contributed by atoms with Crippen molar-refractivity contribution in [3.63, 3.8) is 0 Å². The normalized spacial score (nSPS) is 15.3. The monoisotopic (exact) mass is 305 g/mol. The number of rotatable bonds is 6. The van der Waals surface area contributed by atoms with Gasteiger partial charge in [0.15, 0.2) is 11.5 Å². The Balaban J connectivity index is 1.90. The van der Waals surface area contributed by atoms with E-state index < -0.39 is 0 Å². The number of nitrogens with one attached hydrogen (secondary N) is 1. The SMILES string of the molecule is CC(C)CCCC(C)NC(=O)c1ccc2c(c1)OCCCO2. The molecule has 1 unspecified atom stereocenters. The first-order valence-electron chi connectivity index (χ1n) is 8.26. The van der Waals surface area contributed by atoms with E-state index in [0.717, 1.165) is 25.0 Å². The summed E-state index contributed by atoms with van der Waals surface area (Å²) in [4.78, 5) is 12.3. The third-order valence-corrected chi connectivity index (χ3v) is 3.81. The van der Waals surface area contributed by atoms with E-state index in [-0.39, 0.29) is 11.9 Å². The lowest BCUT2D eigenvalue weighted by Crippen LogP contribution is -2.32. The molecule has 0 fully saturated rings. The number of fused-ring (bicyclic) bond motifs is 1. The summed E-state index contributed by atoms with van der Waals surface area (Å²) >= 11 is 0. The molecule has 1 aromatic rings. The first-order chi connectivity index (χ1) is 10.6. The highest BCUT2D eigenvalue weighted by molar-refractivity contribution is 5.95. The third kappa shape index (κ3) is 4.93. The lowest BCUT2D eigenvalue weighted by Gasteiger charge is -2.15. The second kappa shape index (κ2) is 8.06. The molecule has 1 atom stereocenters. The van der Waals surface area contributed by atoms with Gasteiger partial charge in [-0.25, -0.2) is 0 Å². The summed E-state index contributed by atoms with van der Waals surface area (Å²) in [5.41, 5.74) is 0.625. The van der Waals surface area contributed by atoms with Crippen LogP contribution in [0.25, 0.3) is 0 Å². The summed E-state index contributed by atoms with van der Waals surface area (Å²) in [5.74, 6) is 2.05. The van der Waals surface area contributed by atoms with Crippen LogP contribution < -0.4 is 14.8 Å². The summed E-state index contributed by atoms with van der Waals surface area (Å²) in [6.07, 6.45) is 4.21. The Morgan fingerprint density at radius 2 is 1.86 bits per heavy atom. The Hall–Kier alpha value is -1.71. The highest BCUT2D eigenvalue weighted by Crippen LogP contribution is 2.30. The number of benzene rings is 1. The molecule has 0 aliphatic carbocycles. The number of carbonyl (C=O) groups is 1. The van der Waals surface area contributed by atoms with E-state index in [9.17, 15) is 4.79 Å². The molecule has 122 valence electrons. The molecule has 4 heteroatoms. The minimum atomic E-state index is -0.0484. The van der Waals surface area contributed by atoms with Gasteiger partial charge < -0.3 is 14.8 Å². The van der Waals surface area contributed by atoms with Gasteiger partial charge in [-0.05, 0) is 37.5 Å². The molecule has 2 rings (SSSR count). The third-order valence-electron chi connectivity index (χ3n) is 3.81. The zero-order valence-corrected chi connectivity index (χ0v) is 13.9. The van der Waals surface area contributed by atoms with E-state index in [1.54, 1.807) is 12.1 Å². The van der Waals surface area contributed by atoms with Crippen LogP contribution in [0, 0.1) is 5.92 Å². The molecule has 1 heterocycles. The fourth-order valence-electron chi connectivity index (χ4n) is 2.52. The fraction of sp³-hybridized carbons (Fsp3) is 0.611. The van der Waals surface area contributed by atoms with Gasteiger partial charge in [-0.2, -0.15) is 0 Å². The van der Waals surface area contributed by atoms with Crippen LogP contribution >= 0.6 is 0 Å². The number of amides is 1. The molecular weight excluding hydrogens is 278 g/mol. The maximum absolute atomic E-state index is 12.3. The van der Waals surface area contributed by atoms with Gasteiger partial charge in [0.2, 0.25) is 0 Å². The van der Waals surface area contributed by atoms with Crippen molar-refractivity contribution in [2.45, 2.75) is 52.5 Å². The molecule has 4 nitrogen and oxygen atoms in total. The molecule has 1 N–H and O–H groups in total. The molecule has 1 aliphatic heterocycles. The summed E-state index contributed by atoms with van der Waals surface area (Å²) < 4.78 is 11.2. The van der Waals surface area contributed by atoms with Crippen LogP contribution in [0.15, 0.2) is 18.2 Å². The van der Waals surface area contributed by atoms with E-state index in [4.69, 9.17) is 9.47 Å². The molecule has 0 spiro atoms. The van der Waals surface area contributed by atoms with Crippen molar-refractivity contribution in [2.75, 3.05) is 13.2 Å². The smallest absolute Gasteiger partial charge is 0.251 e.